The molecular weight excluding hydrogens is 455 g/mol. The molecule has 168 valence electrons. The number of halogens is 2. The molecule has 0 aromatic heterocycles. The van der Waals surface area contributed by atoms with Gasteiger partial charge in [0.1, 0.15) is 10.6 Å². The fraction of sp³-hybridized carbons (Fsp3) is 0.478. The quantitative estimate of drug-likeness (QED) is 0.526. The molecule has 31 heavy (non-hydrogen) atoms. The van der Waals surface area contributed by atoms with Gasteiger partial charge in [-0.05, 0) is 74.5 Å². The minimum Gasteiger partial charge on any atom is -0.490 e. The van der Waals surface area contributed by atoms with E-state index in [9.17, 15) is 8.42 Å². The summed E-state index contributed by atoms with van der Waals surface area (Å²) in [5, 5.41) is 0.986. The van der Waals surface area contributed by atoms with Crippen LogP contribution in [0.1, 0.15) is 31.2 Å². The third-order valence-corrected chi connectivity index (χ3v) is 8.83. The summed E-state index contributed by atoms with van der Waals surface area (Å²) in [5.41, 5.74) is 1.13. The molecule has 0 bridgehead atoms. The molecule has 0 atom stereocenters. The number of hydrogen-bond acceptors (Lipinski definition) is 4. The highest BCUT2D eigenvalue weighted by atomic mass is 35.5. The highest BCUT2D eigenvalue weighted by molar-refractivity contribution is 7.89. The third kappa shape index (κ3) is 5.37. The fourth-order valence-corrected chi connectivity index (χ4v) is 6.27. The standard InChI is InChI=1S/C23H28Cl2N2O3S/c1-26(31(28,29)23-7-3-2-6-21(23)24)15-17-12-20(13-17)30-19-9-8-18(22(25)14-19)16-27-10-4-5-11-27/h2-3,6-9,14,17,20H,4-5,10-13,15-16H2,1H3. The number of rotatable bonds is 8. The summed E-state index contributed by atoms with van der Waals surface area (Å²) in [4.78, 5) is 2.57. The Bertz CT molecular complexity index is 1020. The fourth-order valence-electron chi connectivity index (χ4n) is 4.31. The zero-order valence-electron chi connectivity index (χ0n) is 17.6. The van der Waals surface area contributed by atoms with Crippen LogP contribution in [0.5, 0.6) is 5.75 Å². The molecule has 0 amide bonds. The van der Waals surface area contributed by atoms with Crippen LogP contribution in [0.25, 0.3) is 0 Å². The van der Waals surface area contributed by atoms with Crippen LogP contribution in [0.4, 0.5) is 0 Å². The summed E-state index contributed by atoms with van der Waals surface area (Å²) in [6, 6.07) is 12.5. The second kappa shape index (κ2) is 9.67. The zero-order valence-corrected chi connectivity index (χ0v) is 20.0. The van der Waals surface area contributed by atoms with E-state index in [2.05, 4.69) is 11.0 Å². The van der Waals surface area contributed by atoms with E-state index in [0.717, 1.165) is 48.8 Å². The summed E-state index contributed by atoms with van der Waals surface area (Å²) in [5.74, 6) is 1.04. The molecule has 5 nitrogen and oxygen atoms in total. The van der Waals surface area contributed by atoms with Gasteiger partial charge in [-0.2, -0.15) is 0 Å². The van der Waals surface area contributed by atoms with Crippen molar-refractivity contribution >= 4 is 33.2 Å². The minimum atomic E-state index is -3.60. The molecule has 1 heterocycles. The first-order valence-corrected chi connectivity index (χ1v) is 12.9. The SMILES string of the molecule is CN(CC1CC(Oc2ccc(CN3CCCC3)c(Cl)c2)C1)S(=O)(=O)c1ccccc1Cl. The van der Waals surface area contributed by atoms with E-state index in [-0.39, 0.29) is 21.9 Å². The minimum absolute atomic E-state index is 0.0851. The van der Waals surface area contributed by atoms with E-state index in [1.165, 1.54) is 23.2 Å². The van der Waals surface area contributed by atoms with Crippen molar-refractivity contribution in [1.29, 1.82) is 0 Å². The van der Waals surface area contributed by atoms with Crippen molar-refractivity contribution < 1.29 is 13.2 Å². The Morgan fingerprint density at radius 2 is 1.77 bits per heavy atom. The molecule has 4 rings (SSSR count). The van der Waals surface area contributed by atoms with Gasteiger partial charge in [-0.1, -0.05) is 41.4 Å². The van der Waals surface area contributed by atoms with E-state index >= 15 is 0 Å². The van der Waals surface area contributed by atoms with Crippen LogP contribution in [0.15, 0.2) is 47.4 Å². The van der Waals surface area contributed by atoms with Gasteiger partial charge in [-0.25, -0.2) is 12.7 Å². The van der Waals surface area contributed by atoms with E-state index in [1.807, 2.05) is 12.1 Å². The normalized spacial score (nSPS) is 21.9. The van der Waals surface area contributed by atoms with Crippen LogP contribution in [-0.4, -0.2) is 50.4 Å². The van der Waals surface area contributed by atoms with Crippen LogP contribution >= 0.6 is 23.2 Å². The van der Waals surface area contributed by atoms with Gasteiger partial charge < -0.3 is 4.74 Å². The Kier molecular flexibility index (Phi) is 7.14. The van der Waals surface area contributed by atoms with Crippen molar-refractivity contribution in [2.75, 3.05) is 26.7 Å². The number of sulfonamides is 1. The summed E-state index contributed by atoms with van der Waals surface area (Å²) >= 11 is 12.6. The van der Waals surface area contributed by atoms with Crippen molar-refractivity contribution in [3.63, 3.8) is 0 Å². The van der Waals surface area contributed by atoms with Crippen LogP contribution < -0.4 is 4.74 Å². The van der Waals surface area contributed by atoms with E-state index in [1.54, 1.807) is 25.2 Å². The highest BCUT2D eigenvalue weighted by Gasteiger charge is 2.34. The van der Waals surface area contributed by atoms with E-state index in [4.69, 9.17) is 27.9 Å². The molecule has 0 unspecified atom stereocenters. The summed E-state index contributed by atoms with van der Waals surface area (Å²) in [6.07, 6.45) is 4.24. The first kappa shape index (κ1) is 22.9. The van der Waals surface area contributed by atoms with Gasteiger partial charge in [-0.3, -0.25) is 4.90 Å². The molecule has 2 aromatic rings. The van der Waals surface area contributed by atoms with Gasteiger partial charge in [0, 0.05) is 25.2 Å². The third-order valence-electron chi connectivity index (χ3n) is 6.15. The monoisotopic (exact) mass is 482 g/mol. The number of likely N-dealkylation sites (tertiary alicyclic amines) is 1. The Morgan fingerprint density at radius 3 is 2.45 bits per heavy atom. The molecule has 8 heteroatoms. The number of ether oxygens (including phenoxy) is 1. The lowest BCUT2D eigenvalue weighted by atomic mass is 9.82. The van der Waals surface area contributed by atoms with Gasteiger partial charge in [0.2, 0.25) is 10.0 Å². The van der Waals surface area contributed by atoms with Crippen LogP contribution in [0, 0.1) is 5.92 Å². The lowest BCUT2D eigenvalue weighted by molar-refractivity contribution is 0.0575. The molecule has 1 saturated carbocycles. The van der Waals surface area contributed by atoms with Crippen LogP contribution in [-0.2, 0) is 16.6 Å². The molecule has 1 saturated heterocycles. The lowest BCUT2D eigenvalue weighted by Crippen LogP contribution is -2.41. The van der Waals surface area contributed by atoms with E-state index < -0.39 is 10.0 Å². The Hall–Kier alpha value is -1.31. The van der Waals surface area contributed by atoms with Gasteiger partial charge in [-0.15, -0.1) is 0 Å². The molecule has 2 aromatic carbocycles. The van der Waals surface area contributed by atoms with Crippen LogP contribution in [0.2, 0.25) is 10.0 Å². The summed E-state index contributed by atoms with van der Waals surface area (Å²) in [6.45, 7) is 3.61. The second-order valence-corrected chi connectivity index (χ2v) is 11.4. The Balaban J connectivity index is 1.27. The van der Waals surface area contributed by atoms with Crippen molar-refractivity contribution in [3.8, 4) is 5.75 Å². The largest absolute Gasteiger partial charge is 0.490 e. The van der Waals surface area contributed by atoms with E-state index in [0.29, 0.717) is 6.54 Å². The van der Waals surface area contributed by atoms with Crippen molar-refractivity contribution in [2.45, 2.75) is 43.2 Å². The number of benzene rings is 2. The maximum atomic E-state index is 12.8. The van der Waals surface area contributed by atoms with Gasteiger partial charge >= 0.3 is 0 Å². The van der Waals surface area contributed by atoms with Gasteiger partial charge in [0.15, 0.2) is 0 Å². The average molecular weight is 483 g/mol. The molecular formula is C23H28Cl2N2O3S. The maximum Gasteiger partial charge on any atom is 0.244 e. The first-order chi connectivity index (χ1) is 14.8. The van der Waals surface area contributed by atoms with Crippen molar-refractivity contribution in [2.24, 2.45) is 5.92 Å². The molecule has 0 radical (unpaired) electrons. The number of hydrogen-bond donors (Lipinski definition) is 0. The average Bonchev–Trinajstić information content (AvgIpc) is 3.21. The lowest BCUT2D eigenvalue weighted by Gasteiger charge is -2.37. The van der Waals surface area contributed by atoms with Gasteiger partial charge in [0.05, 0.1) is 11.1 Å². The Morgan fingerprint density at radius 1 is 1.06 bits per heavy atom. The molecule has 0 N–H and O–H groups in total. The number of nitrogens with zero attached hydrogens (tertiary/aromatic N) is 2. The maximum absolute atomic E-state index is 12.8. The first-order valence-electron chi connectivity index (χ1n) is 10.7. The van der Waals surface area contributed by atoms with Crippen molar-refractivity contribution in [1.82, 2.24) is 9.21 Å². The molecule has 2 fully saturated rings. The predicted octanol–water partition coefficient (Wildman–Crippen LogP) is 5.07. The topological polar surface area (TPSA) is 49.9 Å². The van der Waals surface area contributed by atoms with Gasteiger partial charge in [0.25, 0.3) is 0 Å². The molecule has 1 aliphatic carbocycles. The Labute approximate surface area is 194 Å². The molecule has 2 aliphatic rings. The summed E-state index contributed by atoms with van der Waals surface area (Å²) < 4.78 is 33.0. The summed E-state index contributed by atoms with van der Waals surface area (Å²) in [7, 11) is -2.00. The molecule has 1 aliphatic heterocycles. The predicted molar refractivity (Wildman–Crippen MR) is 124 cm³/mol. The highest BCUT2D eigenvalue weighted by Crippen LogP contribution is 2.35. The zero-order chi connectivity index (χ0) is 22.0. The smallest absolute Gasteiger partial charge is 0.244 e. The van der Waals surface area contributed by atoms with Crippen LogP contribution in [0.3, 0.4) is 0 Å². The van der Waals surface area contributed by atoms with Crippen molar-refractivity contribution in [3.05, 3.63) is 58.1 Å². The second-order valence-electron chi connectivity index (χ2n) is 8.53. The molecule has 0 spiro atoms.